The third kappa shape index (κ3) is 3.77. The minimum Gasteiger partial charge on any atom is -0.383 e. The number of carbonyl (C=O) groups excluding carboxylic acids is 1. The van der Waals surface area contributed by atoms with Crippen molar-refractivity contribution < 1.29 is 18.0 Å². The van der Waals surface area contributed by atoms with E-state index in [1.807, 2.05) is 0 Å². The average molecular weight is 278 g/mol. The van der Waals surface area contributed by atoms with Crippen LogP contribution >= 0.6 is 11.6 Å². The number of alkyl halides is 3. The van der Waals surface area contributed by atoms with Crippen LogP contribution < -0.4 is 0 Å². The number of rotatable bonds is 3. The van der Waals surface area contributed by atoms with Crippen molar-refractivity contribution in [3.8, 4) is 0 Å². The second-order valence-corrected chi connectivity index (χ2v) is 4.24. The van der Waals surface area contributed by atoms with E-state index in [0.29, 0.717) is 0 Å². The molecule has 0 amide bonds. The molecule has 0 aliphatic carbocycles. The maximum Gasteiger partial charge on any atom is 0.417 e. The molecule has 1 aromatic rings. The van der Waals surface area contributed by atoms with Crippen LogP contribution in [0.2, 0.25) is 5.02 Å². The summed E-state index contributed by atoms with van der Waals surface area (Å²) in [7, 11) is 3.40. The summed E-state index contributed by atoms with van der Waals surface area (Å²) >= 11 is 5.46. The number of hydrogen-bond donors (Lipinski definition) is 0. The quantitative estimate of drug-likeness (QED) is 0.621. The standard InChI is InChI=1S/C12H11ClF3NO/c1-17(2)6-5-11(18)8-3-4-10(13)9(7-8)12(14,15)16/h3-7H,1-2H3/b6-5+. The van der Waals surface area contributed by atoms with Crippen molar-refractivity contribution in [3.63, 3.8) is 0 Å². The van der Waals surface area contributed by atoms with E-state index in [4.69, 9.17) is 11.6 Å². The normalized spacial score (nSPS) is 11.9. The van der Waals surface area contributed by atoms with Gasteiger partial charge in [0.05, 0.1) is 10.6 Å². The van der Waals surface area contributed by atoms with Crippen LogP contribution in [-0.4, -0.2) is 24.8 Å². The first-order chi connectivity index (χ1) is 8.21. The van der Waals surface area contributed by atoms with Gasteiger partial charge in [-0.15, -0.1) is 0 Å². The summed E-state index contributed by atoms with van der Waals surface area (Å²) in [6.45, 7) is 0. The summed E-state index contributed by atoms with van der Waals surface area (Å²) < 4.78 is 37.8. The molecular formula is C12H11ClF3NO. The highest BCUT2D eigenvalue weighted by atomic mass is 35.5. The molecule has 98 valence electrons. The molecule has 0 aromatic heterocycles. The van der Waals surface area contributed by atoms with Crippen LogP contribution in [0.4, 0.5) is 13.2 Å². The van der Waals surface area contributed by atoms with Crippen molar-refractivity contribution in [2.24, 2.45) is 0 Å². The minimum atomic E-state index is -4.57. The lowest BCUT2D eigenvalue weighted by molar-refractivity contribution is -0.137. The van der Waals surface area contributed by atoms with Crippen LogP contribution in [0.25, 0.3) is 0 Å². The zero-order chi connectivity index (χ0) is 13.9. The highest BCUT2D eigenvalue weighted by molar-refractivity contribution is 6.31. The Labute approximate surface area is 108 Å². The summed E-state index contributed by atoms with van der Waals surface area (Å²) in [5, 5.41) is -0.421. The van der Waals surface area contributed by atoms with E-state index < -0.39 is 22.5 Å². The SMILES string of the molecule is CN(C)/C=C/C(=O)c1ccc(Cl)c(C(F)(F)F)c1. The molecule has 0 bridgehead atoms. The predicted octanol–water partition coefficient (Wildman–Crippen LogP) is 3.62. The summed E-state index contributed by atoms with van der Waals surface area (Å²) in [5.41, 5.74) is -1.06. The fourth-order valence-corrected chi connectivity index (χ4v) is 1.43. The lowest BCUT2D eigenvalue weighted by atomic mass is 10.1. The van der Waals surface area contributed by atoms with Crippen LogP contribution in [0.3, 0.4) is 0 Å². The second kappa shape index (κ2) is 5.44. The fourth-order valence-electron chi connectivity index (χ4n) is 1.21. The number of nitrogens with zero attached hydrogens (tertiary/aromatic N) is 1. The molecule has 0 atom stereocenters. The van der Waals surface area contributed by atoms with E-state index in [1.54, 1.807) is 19.0 Å². The average Bonchev–Trinajstić information content (AvgIpc) is 2.24. The van der Waals surface area contributed by atoms with Crippen molar-refractivity contribution in [3.05, 3.63) is 46.6 Å². The molecule has 0 heterocycles. The second-order valence-electron chi connectivity index (χ2n) is 3.84. The monoisotopic (exact) mass is 277 g/mol. The van der Waals surface area contributed by atoms with Gasteiger partial charge in [-0.2, -0.15) is 13.2 Å². The van der Waals surface area contributed by atoms with Gasteiger partial charge in [0.15, 0.2) is 5.78 Å². The Morgan fingerprint density at radius 2 is 1.94 bits per heavy atom. The molecule has 0 saturated heterocycles. The van der Waals surface area contributed by atoms with Gasteiger partial charge >= 0.3 is 6.18 Å². The minimum absolute atomic E-state index is 0.0511. The molecule has 0 aliphatic heterocycles. The molecule has 1 aromatic carbocycles. The Balaban J connectivity index is 3.10. The van der Waals surface area contributed by atoms with Crippen LogP contribution in [0.15, 0.2) is 30.5 Å². The zero-order valence-corrected chi connectivity index (χ0v) is 10.5. The highest BCUT2D eigenvalue weighted by Gasteiger charge is 2.33. The number of hydrogen-bond acceptors (Lipinski definition) is 2. The molecule has 0 saturated carbocycles. The fraction of sp³-hybridized carbons (Fsp3) is 0.250. The number of benzene rings is 1. The van der Waals surface area contributed by atoms with Crippen molar-refractivity contribution in [2.45, 2.75) is 6.18 Å². The van der Waals surface area contributed by atoms with Gasteiger partial charge in [-0.3, -0.25) is 4.79 Å². The van der Waals surface area contributed by atoms with Gasteiger partial charge in [-0.05, 0) is 18.2 Å². The van der Waals surface area contributed by atoms with Gasteiger partial charge in [0.1, 0.15) is 0 Å². The number of halogens is 4. The molecule has 18 heavy (non-hydrogen) atoms. The molecule has 0 aliphatic rings. The summed E-state index contributed by atoms with van der Waals surface area (Å²) in [6.07, 6.45) is -1.91. The Kier molecular flexibility index (Phi) is 4.40. The van der Waals surface area contributed by atoms with Crippen LogP contribution in [-0.2, 0) is 6.18 Å². The maximum atomic E-state index is 12.6. The molecular weight excluding hydrogens is 267 g/mol. The zero-order valence-electron chi connectivity index (χ0n) is 9.75. The molecule has 0 radical (unpaired) electrons. The molecule has 2 nitrogen and oxygen atoms in total. The molecule has 0 spiro atoms. The van der Waals surface area contributed by atoms with E-state index in [1.165, 1.54) is 18.3 Å². The summed E-state index contributed by atoms with van der Waals surface area (Å²) in [4.78, 5) is 13.2. The van der Waals surface area contributed by atoms with Crippen molar-refractivity contribution in [1.29, 1.82) is 0 Å². The Morgan fingerprint density at radius 3 is 2.44 bits per heavy atom. The topological polar surface area (TPSA) is 20.3 Å². The Morgan fingerprint density at radius 1 is 1.33 bits per heavy atom. The van der Waals surface area contributed by atoms with Crippen molar-refractivity contribution in [2.75, 3.05) is 14.1 Å². The van der Waals surface area contributed by atoms with Crippen molar-refractivity contribution >= 4 is 17.4 Å². The van der Waals surface area contributed by atoms with Gasteiger partial charge in [0, 0.05) is 31.9 Å². The maximum absolute atomic E-state index is 12.6. The molecule has 0 unspecified atom stereocenters. The van der Waals surface area contributed by atoms with Gasteiger partial charge in [-0.1, -0.05) is 11.6 Å². The summed E-state index contributed by atoms with van der Waals surface area (Å²) in [5.74, 6) is -0.508. The van der Waals surface area contributed by atoms with Gasteiger partial charge in [-0.25, -0.2) is 0 Å². The number of ketones is 1. The van der Waals surface area contributed by atoms with Gasteiger partial charge < -0.3 is 4.90 Å². The smallest absolute Gasteiger partial charge is 0.383 e. The molecule has 1 rings (SSSR count). The van der Waals surface area contributed by atoms with Crippen LogP contribution in [0.5, 0.6) is 0 Å². The Hall–Kier alpha value is -1.49. The van der Waals surface area contributed by atoms with Gasteiger partial charge in [0.25, 0.3) is 0 Å². The lowest BCUT2D eigenvalue weighted by Crippen LogP contribution is -2.08. The first-order valence-electron chi connectivity index (χ1n) is 4.97. The van der Waals surface area contributed by atoms with Crippen molar-refractivity contribution in [1.82, 2.24) is 4.90 Å². The van der Waals surface area contributed by atoms with E-state index in [2.05, 4.69) is 0 Å². The molecule has 6 heteroatoms. The van der Waals surface area contributed by atoms with Crippen LogP contribution in [0.1, 0.15) is 15.9 Å². The number of carbonyl (C=O) groups is 1. The third-order valence-corrected chi connectivity index (χ3v) is 2.41. The van der Waals surface area contributed by atoms with E-state index in [0.717, 1.165) is 12.1 Å². The lowest BCUT2D eigenvalue weighted by Gasteiger charge is -2.10. The predicted molar refractivity (Wildman–Crippen MR) is 63.6 cm³/mol. The van der Waals surface area contributed by atoms with E-state index in [-0.39, 0.29) is 5.56 Å². The Bertz CT molecular complexity index is 481. The van der Waals surface area contributed by atoms with E-state index in [9.17, 15) is 18.0 Å². The first kappa shape index (κ1) is 14.6. The molecule has 0 N–H and O–H groups in total. The third-order valence-electron chi connectivity index (χ3n) is 2.08. The van der Waals surface area contributed by atoms with E-state index >= 15 is 0 Å². The molecule has 0 fully saturated rings. The van der Waals surface area contributed by atoms with Gasteiger partial charge in [0.2, 0.25) is 0 Å². The highest BCUT2D eigenvalue weighted by Crippen LogP contribution is 2.35. The van der Waals surface area contributed by atoms with Crippen LogP contribution in [0, 0.1) is 0 Å². The first-order valence-corrected chi connectivity index (χ1v) is 5.35. The number of allylic oxidation sites excluding steroid dienone is 1. The largest absolute Gasteiger partial charge is 0.417 e. The summed E-state index contributed by atoms with van der Waals surface area (Å²) in [6, 6.07) is 3.09.